The highest BCUT2D eigenvalue weighted by atomic mass is 19.1. The molecule has 0 aliphatic heterocycles. The number of rotatable bonds is 3. The zero-order chi connectivity index (χ0) is 9.84. The van der Waals surface area contributed by atoms with Crippen LogP contribution in [0.3, 0.4) is 0 Å². The third kappa shape index (κ3) is 2.18. The van der Waals surface area contributed by atoms with Gasteiger partial charge in [0.2, 0.25) is 0 Å². The first-order valence-electron chi connectivity index (χ1n) is 4.16. The van der Waals surface area contributed by atoms with E-state index in [9.17, 15) is 4.39 Å². The summed E-state index contributed by atoms with van der Waals surface area (Å²) in [5.74, 6) is 0.541. The Labute approximate surface area is 77.7 Å². The summed E-state index contributed by atoms with van der Waals surface area (Å²) in [6.07, 6.45) is 0. The largest absolute Gasteiger partial charge is 0.496 e. The van der Waals surface area contributed by atoms with Crippen molar-refractivity contribution in [1.82, 2.24) is 5.32 Å². The molecule has 0 heterocycles. The molecule has 0 bridgehead atoms. The average molecular weight is 183 g/mol. The number of hydrogen-bond donors (Lipinski definition) is 1. The van der Waals surface area contributed by atoms with Crippen LogP contribution >= 0.6 is 0 Å². The Morgan fingerprint density at radius 2 is 2.15 bits per heavy atom. The quantitative estimate of drug-likeness (QED) is 0.772. The van der Waals surface area contributed by atoms with E-state index in [0.717, 1.165) is 11.3 Å². The molecule has 0 atom stereocenters. The van der Waals surface area contributed by atoms with Crippen molar-refractivity contribution in [3.05, 3.63) is 29.1 Å². The Morgan fingerprint density at radius 1 is 1.46 bits per heavy atom. The maximum absolute atomic E-state index is 13.3. The van der Waals surface area contributed by atoms with Gasteiger partial charge in [0.25, 0.3) is 0 Å². The number of nitrogens with one attached hydrogen (secondary N) is 1. The van der Waals surface area contributed by atoms with E-state index in [1.165, 1.54) is 6.07 Å². The van der Waals surface area contributed by atoms with Crippen LogP contribution in [0.4, 0.5) is 4.39 Å². The van der Waals surface area contributed by atoms with Crippen molar-refractivity contribution >= 4 is 0 Å². The molecule has 0 unspecified atom stereocenters. The Balaban J connectivity index is 3.06. The SMILES string of the molecule is CNCc1cc(OC)c(C)cc1F. The number of aryl methyl sites for hydroxylation is 1. The van der Waals surface area contributed by atoms with Crippen molar-refractivity contribution in [3.8, 4) is 5.75 Å². The minimum atomic E-state index is -0.187. The van der Waals surface area contributed by atoms with Gasteiger partial charge in [0.05, 0.1) is 7.11 Å². The molecule has 1 aromatic rings. The average Bonchev–Trinajstić information content (AvgIpc) is 2.10. The van der Waals surface area contributed by atoms with Crippen molar-refractivity contribution < 1.29 is 9.13 Å². The minimum Gasteiger partial charge on any atom is -0.496 e. The van der Waals surface area contributed by atoms with Gasteiger partial charge in [0.1, 0.15) is 11.6 Å². The summed E-state index contributed by atoms with van der Waals surface area (Å²) in [6, 6.07) is 3.21. The molecule has 3 heteroatoms. The predicted molar refractivity (Wildman–Crippen MR) is 50.5 cm³/mol. The lowest BCUT2D eigenvalue weighted by molar-refractivity contribution is 0.409. The molecule has 0 saturated heterocycles. The molecule has 0 saturated carbocycles. The molecule has 0 radical (unpaired) electrons. The van der Waals surface area contributed by atoms with E-state index in [1.807, 2.05) is 6.92 Å². The molecule has 13 heavy (non-hydrogen) atoms. The van der Waals surface area contributed by atoms with E-state index in [-0.39, 0.29) is 5.82 Å². The summed E-state index contributed by atoms with van der Waals surface area (Å²) in [5, 5.41) is 2.90. The van der Waals surface area contributed by atoms with Crippen molar-refractivity contribution in [3.63, 3.8) is 0 Å². The minimum absolute atomic E-state index is 0.187. The number of benzene rings is 1. The van der Waals surface area contributed by atoms with E-state index in [4.69, 9.17) is 4.74 Å². The van der Waals surface area contributed by atoms with Gasteiger partial charge in [-0.05, 0) is 31.7 Å². The van der Waals surface area contributed by atoms with Gasteiger partial charge in [-0.25, -0.2) is 4.39 Å². The molecule has 0 aliphatic rings. The van der Waals surface area contributed by atoms with Crippen LogP contribution in [0.5, 0.6) is 5.75 Å². The van der Waals surface area contributed by atoms with E-state index >= 15 is 0 Å². The van der Waals surface area contributed by atoms with Crippen LogP contribution in [0.15, 0.2) is 12.1 Å². The van der Waals surface area contributed by atoms with Crippen LogP contribution in [0.25, 0.3) is 0 Å². The first-order valence-corrected chi connectivity index (χ1v) is 4.16. The van der Waals surface area contributed by atoms with Gasteiger partial charge < -0.3 is 10.1 Å². The van der Waals surface area contributed by atoms with Gasteiger partial charge in [0, 0.05) is 12.1 Å². The van der Waals surface area contributed by atoms with Crippen molar-refractivity contribution in [2.45, 2.75) is 13.5 Å². The van der Waals surface area contributed by atoms with Crippen LogP contribution in [0, 0.1) is 12.7 Å². The van der Waals surface area contributed by atoms with Gasteiger partial charge in [-0.1, -0.05) is 0 Å². The Hall–Kier alpha value is -1.09. The number of halogens is 1. The number of ether oxygens (including phenoxy) is 1. The van der Waals surface area contributed by atoms with Crippen LogP contribution in [-0.2, 0) is 6.54 Å². The van der Waals surface area contributed by atoms with E-state index in [2.05, 4.69) is 5.32 Å². The second kappa shape index (κ2) is 4.23. The topological polar surface area (TPSA) is 21.3 Å². The molecule has 0 fully saturated rings. The highest BCUT2D eigenvalue weighted by molar-refractivity contribution is 5.37. The van der Waals surface area contributed by atoms with Crippen LogP contribution < -0.4 is 10.1 Å². The van der Waals surface area contributed by atoms with Crippen LogP contribution in [0.2, 0.25) is 0 Å². The second-order valence-corrected chi connectivity index (χ2v) is 2.94. The monoisotopic (exact) mass is 183 g/mol. The normalized spacial score (nSPS) is 10.2. The van der Waals surface area contributed by atoms with Gasteiger partial charge in [-0.15, -0.1) is 0 Å². The fourth-order valence-electron chi connectivity index (χ4n) is 1.24. The van der Waals surface area contributed by atoms with Crippen molar-refractivity contribution in [1.29, 1.82) is 0 Å². The highest BCUT2D eigenvalue weighted by Gasteiger charge is 2.06. The molecule has 1 N–H and O–H groups in total. The molecule has 0 spiro atoms. The third-order valence-corrected chi connectivity index (χ3v) is 1.93. The summed E-state index contributed by atoms with van der Waals surface area (Å²) in [4.78, 5) is 0. The summed E-state index contributed by atoms with van der Waals surface area (Å²) >= 11 is 0. The fraction of sp³-hybridized carbons (Fsp3) is 0.400. The van der Waals surface area contributed by atoms with Gasteiger partial charge in [0.15, 0.2) is 0 Å². The Morgan fingerprint density at radius 3 is 2.69 bits per heavy atom. The molecule has 2 nitrogen and oxygen atoms in total. The third-order valence-electron chi connectivity index (χ3n) is 1.93. The Kier molecular flexibility index (Phi) is 3.25. The number of methoxy groups -OCH3 is 1. The Bertz CT molecular complexity index is 299. The molecule has 0 aliphatic carbocycles. The smallest absolute Gasteiger partial charge is 0.128 e. The highest BCUT2D eigenvalue weighted by Crippen LogP contribution is 2.21. The van der Waals surface area contributed by atoms with Gasteiger partial charge in [-0.2, -0.15) is 0 Å². The summed E-state index contributed by atoms with van der Waals surface area (Å²) in [5.41, 5.74) is 1.45. The molecule has 72 valence electrons. The lowest BCUT2D eigenvalue weighted by Gasteiger charge is -2.08. The molecular formula is C10H14FNO. The first kappa shape index (κ1) is 9.99. The summed E-state index contributed by atoms with van der Waals surface area (Å²) in [6.45, 7) is 2.34. The molecule has 1 rings (SSSR count). The van der Waals surface area contributed by atoms with Crippen molar-refractivity contribution in [2.24, 2.45) is 0 Å². The fourth-order valence-corrected chi connectivity index (χ4v) is 1.24. The summed E-state index contributed by atoms with van der Waals surface area (Å²) in [7, 11) is 3.37. The molecule has 0 amide bonds. The van der Waals surface area contributed by atoms with Gasteiger partial charge >= 0.3 is 0 Å². The summed E-state index contributed by atoms with van der Waals surface area (Å²) < 4.78 is 18.4. The van der Waals surface area contributed by atoms with E-state index in [1.54, 1.807) is 20.2 Å². The van der Waals surface area contributed by atoms with Crippen molar-refractivity contribution in [2.75, 3.05) is 14.2 Å². The standard InChI is InChI=1S/C10H14FNO/c1-7-4-9(11)8(6-12-2)5-10(7)13-3/h4-5,12H,6H2,1-3H3. The van der Waals surface area contributed by atoms with Crippen LogP contribution in [0.1, 0.15) is 11.1 Å². The maximum Gasteiger partial charge on any atom is 0.128 e. The zero-order valence-electron chi connectivity index (χ0n) is 8.15. The molecular weight excluding hydrogens is 169 g/mol. The molecule has 0 aromatic heterocycles. The maximum atomic E-state index is 13.3. The van der Waals surface area contributed by atoms with E-state index in [0.29, 0.717) is 12.1 Å². The number of hydrogen-bond acceptors (Lipinski definition) is 2. The molecule has 1 aromatic carbocycles. The van der Waals surface area contributed by atoms with Gasteiger partial charge in [-0.3, -0.25) is 0 Å². The van der Waals surface area contributed by atoms with Crippen LogP contribution in [-0.4, -0.2) is 14.2 Å². The lowest BCUT2D eigenvalue weighted by atomic mass is 10.1. The predicted octanol–water partition coefficient (Wildman–Crippen LogP) is 1.86. The second-order valence-electron chi connectivity index (χ2n) is 2.94. The lowest BCUT2D eigenvalue weighted by Crippen LogP contribution is -2.07. The van der Waals surface area contributed by atoms with E-state index < -0.39 is 0 Å². The first-order chi connectivity index (χ1) is 6.19. The zero-order valence-corrected chi connectivity index (χ0v) is 8.15.